The Morgan fingerprint density at radius 1 is 1.04 bits per heavy atom. The van der Waals surface area contributed by atoms with Gasteiger partial charge in [-0.05, 0) is 42.5 Å². The lowest BCUT2D eigenvalue weighted by atomic mass is 10.3. The molecule has 24 heavy (non-hydrogen) atoms. The minimum atomic E-state index is -0.233. The number of para-hydroxylation sites is 1. The van der Waals surface area contributed by atoms with Crippen LogP contribution in [-0.2, 0) is 13.3 Å². The third kappa shape index (κ3) is 3.01. The summed E-state index contributed by atoms with van der Waals surface area (Å²) in [5.41, 5.74) is 1.81. The minimum Gasteiger partial charge on any atom is -0.487 e. The Labute approximate surface area is 139 Å². The van der Waals surface area contributed by atoms with Crippen LogP contribution in [0.15, 0.2) is 67.0 Å². The third-order valence-electron chi connectivity index (χ3n) is 3.85. The number of halogens is 1. The molecule has 0 saturated carbocycles. The van der Waals surface area contributed by atoms with Crippen LogP contribution in [0.3, 0.4) is 0 Å². The van der Waals surface area contributed by atoms with Crippen molar-refractivity contribution in [1.29, 1.82) is 0 Å². The lowest BCUT2D eigenvalue weighted by Gasteiger charge is -2.24. The van der Waals surface area contributed by atoms with Crippen molar-refractivity contribution in [3.63, 3.8) is 0 Å². The van der Waals surface area contributed by atoms with Gasteiger partial charge in [-0.2, -0.15) is 0 Å². The Bertz CT molecular complexity index is 856. The number of imidazole rings is 1. The van der Waals surface area contributed by atoms with E-state index in [2.05, 4.69) is 4.98 Å². The summed E-state index contributed by atoms with van der Waals surface area (Å²) in [7, 11) is 0. The van der Waals surface area contributed by atoms with Gasteiger partial charge < -0.3 is 14.2 Å². The van der Waals surface area contributed by atoms with Crippen LogP contribution >= 0.6 is 0 Å². The molecule has 0 spiro atoms. The van der Waals surface area contributed by atoms with Crippen molar-refractivity contribution in [2.75, 3.05) is 4.90 Å². The third-order valence-corrected chi connectivity index (χ3v) is 3.85. The normalized spacial score (nSPS) is 13.0. The summed E-state index contributed by atoms with van der Waals surface area (Å²) in [4.78, 5) is 6.61. The van der Waals surface area contributed by atoms with Gasteiger partial charge in [-0.25, -0.2) is 9.37 Å². The van der Waals surface area contributed by atoms with Crippen LogP contribution in [0.5, 0.6) is 5.75 Å². The Morgan fingerprint density at radius 3 is 2.62 bits per heavy atom. The second-order valence-electron chi connectivity index (χ2n) is 5.57. The molecule has 5 heteroatoms. The first-order chi connectivity index (χ1) is 11.8. The van der Waals surface area contributed by atoms with Gasteiger partial charge >= 0.3 is 0 Å². The monoisotopic (exact) mass is 321 g/mol. The fraction of sp³-hybridized carbons (Fsp3) is 0.105. The quantitative estimate of drug-likeness (QED) is 0.726. The highest BCUT2D eigenvalue weighted by Gasteiger charge is 2.14. The van der Waals surface area contributed by atoms with E-state index in [-0.39, 0.29) is 5.82 Å². The van der Waals surface area contributed by atoms with Crippen molar-refractivity contribution < 1.29 is 9.13 Å². The molecule has 0 N–H and O–H groups in total. The summed E-state index contributed by atoms with van der Waals surface area (Å²) in [6.45, 7) is 1.06. The average molecular weight is 321 g/mol. The Hall–Kier alpha value is -3.08. The lowest BCUT2D eigenvalue weighted by Crippen LogP contribution is -2.23. The van der Waals surface area contributed by atoms with Gasteiger partial charge in [-0.1, -0.05) is 18.2 Å². The van der Waals surface area contributed by atoms with Crippen molar-refractivity contribution in [2.45, 2.75) is 13.3 Å². The van der Waals surface area contributed by atoms with E-state index >= 15 is 0 Å². The maximum absolute atomic E-state index is 13.1. The Balaban J connectivity index is 1.46. The maximum atomic E-state index is 13.1. The number of hydrogen-bond acceptors (Lipinski definition) is 3. The SMILES string of the molecule is Fc1ccc(N2C=Cc3nc(COc4ccccc4)cn3C2)cc1. The van der Waals surface area contributed by atoms with E-state index in [9.17, 15) is 4.39 Å². The smallest absolute Gasteiger partial charge is 0.136 e. The molecule has 3 aromatic rings. The van der Waals surface area contributed by atoms with Gasteiger partial charge in [0.15, 0.2) is 0 Å². The predicted molar refractivity (Wildman–Crippen MR) is 90.9 cm³/mol. The zero-order valence-electron chi connectivity index (χ0n) is 13.0. The van der Waals surface area contributed by atoms with Gasteiger partial charge in [0.2, 0.25) is 0 Å². The van der Waals surface area contributed by atoms with E-state index < -0.39 is 0 Å². The number of aromatic nitrogens is 2. The predicted octanol–water partition coefficient (Wildman–Crippen LogP) is 4.05. The number of benzene rings is 2. The number of fused-ring (bicyclic) bond motifs is 1. The number of nitrogens with zero attached hydrogens (tertiary/aromatic N) is 3. The van der Waals surface area contributed by atoms with E-state index in [1.54, 1.807) is 12.1 Å². The van der Waals surface area contributed by atoms with Crippen LogP contribution in [0.4, 0.5) is 10.1 Å². The van der Waals surface area contributed by atoms with Crippen molar-refractivity contribution in [2.24, 2.45) is 0 Å². The molecule has 0 amide bonds. The molecule has 0 fully saturated rings. The Morgan fingerprint density at radius 2 is 1.83 bits per heavy atom. The molecule has 4 nitrogen and oxygen atoms in total. The van der Waals surface area contributed by atoms with Crippen LogP contribution in [0, 0.1) is 5.82 Å². The summed E-state index contributed by atoms with van der Waals surface area (Å²) in [5, 5.41) is 0. The van der Waals surface area contributed by atoms with Gasteiger partial charge in [0, 0.05) is 18.1 Å². The maximum Gasteiger partial charge on any atom is 0.136 e. The van der Waals surface area contributed by atoms with Gasteiger partial charge in [0.1, 0.15) is 30.7 Å². The van der Waals surface area contributed by atoms with Crippen LogP contribution in [-0.4, -0.2) is 9.55 Å². The molecule has 1 aliphatic rings. The van der Waals surface area contributed by atoms with E-state index in [0.29, 0.717) is 13.3 Å². The van der Waals surface area contributed by atoms with Gasteiger partial charge in [0.05, 0.1) is 5.69 Å². The minimum absolute atomic E-state index is 0.233. The van der Waals surface area contributed by atoms with Crippen LogP contribution in [0.2, 0.25) is 0 Å². The van der Waals surface area contributed by atoms with E-state index in [4.69, 9.17) is 4.74 Å². The standard InChI is InChI=1S/C19H16FN3O/c20-15-6-8-17(9-7-15)22-11-10-19-21-16(12-23(19)14-22)13-24-18-4-2-1-3-5-18/h1-12H,13-14H2. The van der Waals surface area contributed by atoms with E-state index in [1.165, 1.54) is 12.1 Å². The number of rotatable bonds is 4. The molecule has 2 aromatic carbocycles. The molecule has 0 unspecified atom stereocenters. The largest absolute Gasteiger partial charge is 0.487 e. The first-order valence-electron chi connectivity index (χ1n) is 7.72. The van der Waals surface area contributed by atoms with Gasteiger partial charge in [-0.15, -0.1) is 0 Å². The van der Waals surface area contributed by atoms with Crippen molar-refractivity contribution in [3.05, 3.63) is 84.3 Å². The first-order valence-corrected chi connectivity index (χ1v) is 7.72. The molecule has 4 rings (SSSR count). The second kappa shape index (κ2) is 6.20. The van der Waals surface area contributed by atoms with Gasteiger partial charge in [-0.3, -0.25) is 0 Å². The molecular weight excluding hydrogens is 305 g/mol. The molecule has 0 bridgehead atoms. The van der Waals surface area contributed by atoms with Gasteiger partial charge in [0.25, 0.3) is 0 Å². The average Bonchev–Trinajstić information content (AvgIpc) is 3.03. The molecule has 2 heterocycles. The lowest BCUT2D eigenvalue weighted by molar-refractivity contribution is 0.302. The highest BCUT2D eigenvalue weighted by molar-refractivity contribution is 5.56. The van der Waals surface area contributed by atoms with Crippen LogP contribution < -0.4 is 9.64 Å². The van der Waals surface area contributed by atoms with Crippen LogP contribution in [0.25, 0.3) is 6.08 Å². The summed E-state index contributed by atoms with van der Waals surface area (Å²) in [5.74, 6) is 1.48. The number of anilines is 1. The molecule has 1 aliphatic heterocycles. The molecular formula is C19H16FN3O. The van der Waals surface area contributed by atoms with E-state index in [0.717, 1.165) is 23.0 Å². The van der Waals surface area contributed by atoms with Crippen molar-refractivity contribution in [3.8, 4) is 5.75 Å². The highest BCUT2D eigenvalue weighted by Crippen LogP contribution is 2.22. The van der Waals surface area contributed by atoms with Crippen LogP contribution in [0.1, 0.15) is 11.5 Å². The molecule has 0 atom stereocenters. The molecule has 0 saturated heterocycles. The topological polar surface area (TPSA) is 30.3 Å². The summed E-state index contributed by atoms with van der Waals surface area (Å²) >= 11 is 0. The molecule has 0 aliphatic carbocycles. The fourth-order valence-corrected chi connectivity index (χ4v) is 2.64. The zero-order valence-corrected chi connectivity index (χ0v) is 13.0. The fourth-order valence-electron chi connectivity index (χ4n) is 2.64. The summed E-state index contributed by atoms with van der Waals surface area (Å²) < 4.78 is 20.8. The molecule has 0 radical (unpaired) electrons. The van der Waals surface area contributed by atoms with Crippen molar-refractivity contribution in [1.82, 2.24) is 9.55 Å². The zero-order chi connectivity index (χ0) is 16.4. The first kappa shape index (κ1) is 14.5. The molecule has 1 aromatic heterocycles. The molecule has 120 valence electrons. The number of ether oxygens (including phenoxy) is 1. The Kier molecular flexibility index (Phi) is 3.75. The van der Waals surface area contributed by atoms with E-state index in [1.807, 2.05) is 58.3 Å². The highest BCUT2D eigenvalue weighted by atomic mass is 19.1. The van der Waals surface area contributed by atoms with Crippen molar-refractivity contribution >= 4 is 11.8 Å². The second-order valence-corrected chi connectivity index (χ2v) is 5.57. The number of hydrogen-bond donors (Lipinski definition) is 0. The summed E-state index contributed by atoms with van der Waals surface area (Å²) in [6.07, 6.45) is 5.88. The summed E-state index contributed by atoms with van der Waals surface area (Å²) in [6, 6.07) is 16.1.